The van der Waals surface area contributed by atoms with Crippen LogP contribution < -0.4 is 15.4 Å². The molecular weight excluding hydrogens is 316 g/mol. The zero-order chi connectivity index (χ0) is 16.8. The first-order valence-corrected chi connectivity index (χ1v) is 8.06. The van der Waals surface area contributed by atoms with Crippen molar-refractivity contribution in [1.29, 1.82) is 0 Å². The zero-order valence-corrected chi connectivity index (χ0v) is 13.9. The van der Waals surface area contributed by atoms with Crippen LogP contribution in [0.1, 0.15) is 10.4 Å². The molecule has 122 valence electrons. The summed E-state index contributed by atoms with van der Waals surface area (Å²) in [6.45, 7) is -0.139. The molecule has 1 aromatic heterocycles. The van der Waals surface area contributed by atoms with E-state index in [-0.39, 0.29) is 23.9 Å². The Balaban J connectivity index is 1.95. The zero-order valence-electron chi connectivity index (χ0n) is 13.1. The van der Waals surface area contributed by atoms with E-state index in [2.05, 4.69) is 15.7 Å². The maximum absolute atomic E-state index is 12.1. The van der Waals surface area contributed by atoms with Crippen molar-refractivity contribution in [1.82, 2.24) is 15.1 Å². The molecule has 2 aromatic rings. The average Bonchev–Trinajstić information content (AvgIpc) is 2.94. The van der Waals surface area contributed by atoms with Crippen molar-refractivity contribution in [2.45, 2.75) is 4.90 Å². The lowest BCUT2D eigenvalue weighted by atomic mass is 10.3. The Hall–Kier alpha value is -2.48. The van der Waals surface area contributed by atoms with Gasteiger partial charge in [-0.3, -0.25) is 14.3 Å². The van der Waals surface area contributed by atoms with Crippen LogP contribution in [-0.4, -0.2) is 41.5 Å². The number of hydrogen-bond acceptors (Lipinski definition) is 5. The van der Waals surface area contributed by atoms with Crippen molar-refractivity contribution >= 4 is 29.3 Å². The maximum Gasteiger partial charge on any atom is 0.258 e. The molecule has 2 amide bonds. The topological polar surface area (TPSA) is 85.2 Å². The van der Waals surface area contributed by atoms with Gasteiger partial charge in [0.1, 0.15) is 5.56 Å². The van der Waals surface area contributed by atoms with E-state index in [1.807, 2.05) is 30.5 Å². The molecular formula is C15H18N4O3S. The van der Waals surface area contributed by atoms with E-state index >= 15 is 0 Å². The Bertz CT molecular complexity index is 714. The maximum atomic E-state index is 12.1. The summed E-state index contributed by atoms with van der Waals surface area (Å²) in [7, 11) is 3.12. The van der Waals surface area contributed by atoms with Gasteiger partial charge in [0.2, 0.25) is 11.8 Å². The molecule has 1 aromatic carbocycles. The predicted molar refractivity (Wildman–Crippen MR) is 88.9 cm³/mol. The highest BCUT2D eigenvalue weighted by Gasteiger charge is 2.17. The van der Waals surface area contributed by atoms with Gasteiger partial charge in [0, 0.05) is 18.1 Å². The van der Waals surface area contributed by atoms with Crippen LogP contribution in [0.5, 0.6) is 5.88 Å². The number of ether oxygens (including phenoxy) is 1. The van der Waals surface area contributed by atoms with Crippen LogP contribution in [0, 0.1) is 0 Å². The highest BCUT2D eigenvalue weighted by atomic mass is 32.2. The molecule has 0 saturated carbocycles. The fourth-order valence-electron chi connectivity index (χ4n) is 1.97. The Morgan fingerprint density at radius 2 is 2.09 bits per heavy atom. The lowest BCUT2D eigenvalue weighted by molar-refractivity contribution is -0.115. The first kappa shape index (κ1) is 16.9. The summed E-state index contributed by atoms with van der Waals surface area (Å²) in [5.74, 6) is -0.496. The molecule has 0 bridgehead atoms. The number of aryl methyl sites for hydroxylation is 1. The first-order chi connectivity index (χ1) is 11.0. The van der Waals surface area contributed by atoms with E-state index in [9.17, 15) is 9.59 Å². The lowest BCUT2D eigenvalue weighted by Gasteiger charge is -2.09. The third kappa shape index (κ3) is 4.26. The second kappa shape index (κ2) is 7.68. The fourth-order valence-corrected chi connectivity index (χ4v) is 2.53. The van der Waals surface area contributed by atoms with Gasteiger partial charge >= 0.3 is 0 Å². The molecule has 23 heavy (non-hydrogen) atoms. The molecule has 1 heterocycles. The van der Waals surface area contributed by atoms with Crippen LogP contribution >= 0.6 is 11.8 Å². The van der Waals surface area contributed by atoms with Crippen molar-refractivity contribution in [3.8, 4) is 5.88 Å². The molecule has 0 aliphatic heterocycles. The molecule has 0 spiro atoms. The molecule has 0 aliphatic rings. The van der Waals surface area contributed by atoms with Crippen molar-refractivity contribution in [2.24, 2.45) is 7.05 Å². The van der Waals surface area contributed by atoms with Gasteiger partial charge in [-0.1, -0.05) is 12.1 Å². The van der Waals surface area contributed by atoms with E-state index in [1.54, 1.807) is 7.05 Å². The molecule has 8 heteroatoms. The summed E-state index contributed by atoms with van der Waals surface area (Å²) >= 11 is 1.54. The minimum Gasteiger partial charge on any atom is -0.479 e. The van der Waals surface area contributed by atoms with Gasteiger partial charge in [0.05, 0.1) is 19.3 Å². The number of hydrogen-bond donors (Lipinski definition) is 2. The number of carbonyl (C=O) groups is 2. The molecule has 0 saturated heterocycles. The summed E-state index contributed by atoms with van der Waals surface area (Å²) in [6.07, 6.45) is 3.47. The second-order valence-corrected chi connectivity index (χ2v) is 5.50. The van der Waals surface area contributed by atoms with Crippen LogP contribution in [0.25, 0.3) is 0 Å². The second-order valence-electron chi connectivity index (χ2n) is 4.66. The number of thioether (sulfide) groups is 1. The molecule has 7 nitrogen and oxygen atoms in total. The van der Waals surface area contributed by atoms with Crippen LogP contribution in [0.2, 0.25) is 0 Å². The highest BCUT2D eigenvalue weighted by Crippen LogP contribution is 2.24. The monoisotopic (exact) mass is 334 g/mol. The van der Waals surface area contributed by atoms with Crippen LogP contribution in [0.4, 0.5) is 5.69 Å². The number of aromatic nitrogens is 2. The minimum absolute atomic E-state index is 0.139. The third-order valence-corrected chi connectivity index (χ3v) is 3.82. The number of rotatable bonds is 6. The van der Waals surface area contributed by atoms with Crippen LogP contribution in [0.3, 0.4) is 0 Å². The van der Waals surface area contributed by atoms with Crippen molar-refractivity contribution in [2.75, 3.05) is 25.2 Å². The van der Waals surface area contributed by atoms with Gasteiger partial charge in [0.15, 0.2) is 0 Å². The highest BCUT2D eigenvalue weighted by molar-refractivity contribution is 7.98. The summed E-state index contributed by atoms with van der Waals surface area (Å²) in [4.78, 5) is 25.0. The van der Waals surface area contributed by atoms with E-state index in [0.717, 1.165) is 10.6 Å². The van der Waals surface area contributed by atoms with Gasteiger partial charge in [0.25, 0.3) is 5.91 Å². The smallest absolute Gasteiger partial charge is 0.258 e. The van der Waals surface area contributed by atoms with Gasteiger partial charge < -0.3 is 15.4 Å². The molecule has 0 aliphatic carbocycles. The Morgan fingerprint density at radius 3 is 2.78 bits per heavy atom. The molecule has 0 unspecified atom stereocenters. The molecule has 0 atom stereocenters. The average molecular weight is 334 g/mol. The molecule has 0 radical (unpaired) electrons. The number of carbonyl (C=O) groups excluding carboxylic acids is 2. The Kier molecular flexibility index (Phi) is 5.64. The third-order valence-electron chi connectivity index (χ3n) is 3.02. The van der Waals surface area contributed by atoms with Gasteiger partial charge in [-0.05, 0) is 18.4 Å². The van der Waals surface area contributed by atoms with Crippen LogP contribution in [0.15, 0.2) is 35.4 Å². The number of methoxy groups -OCH3 is 1. The number of amides is 2. The summed E-state index contributed by atoms with van der Waals surface area (Å²) < 4.78 is 6.50. The lowest BCUT2D eigenvalue weighted by Crippen LogP contribution is -2.33. The number of nitrogens with zero attached hydrogens (tertiary/aromatic N) is 2. The summed E-state index contributed by atoms with van der Waals surface area (Å²) in [6, 6.07) is 7.47. The van der Waals surface area contributed by atoms with E-state index in [1.165, 1.54) is 29.8 Å². The largest absolute Gasteiger partial charge is 0.479 e. The van der Waals surface area contributed by atoms with Gasteiger partial charge in [-0.15, -0.1) is 16.9 Å². The quantitative estimate of drug-likeness (QED) is 0.782. The SMILES string of the molecule is COc1nn(C)cc1C(=O)NCC(=O)Nc1ccccc1SC. The first-order valence-electron chi connectivity index (χ1n) is 6.84. The molecule has 2 rings (SSSR count). The number of nitrogens with one attached hydrogen (secondary N) is 2. The standard InChI is InChI=1S/C15H18N4O3S/c1-19-9-10(15(18-19)22-2)14(21)16-8-13(20)17-11-6-4-5-7-12(11)23-3/h4-7,9H,8H2,1-3H3,(H,16,21)(H,17,20). The number of para-hydroxylation sites is 1. The molecule has 0 fully saturated rings. The van der Waals surface area contributed by atoms with Crippen molar-refractivity contribution in [3.63, 3.8) is 0 Å². The van der Waals surface area contributed by atoms with Gasteiger partial charge in [-0.2, -0.15) is 0 Å². The number of anilines is 1. The van der Waals surface area contributed by atoms with E-state index in [0.29, 0.717) is 0 Å². The minimum atomic E-state index is -0.414. The van der Waals surface area contributed by atoms with Gasteiger partial charge in [-0.25, -0.2) is 0 Å². The van der Waals surface area contributed by atoms with E-state index in [4.69, 9.17) is 4.74 Å². The summed E-state index contributed by atoms with van der Waals surface area (Å²) in [5, 5.41) is 9.33. The van der Waals surface area contributed by atoms with Crippen molar-refractivity contribution in [3.05, 3.63) is 36.0 Å². The Morgan fingerprint density at radius 1 is 1.35 bits per heavy atom. The summed E-state index contributed by atoms with van der Waals surface area (Å²) in [5.41, 5.74) is 1.01. The normalized spacial score (nSPS) is 10.2. The van der Waals surface area contributed by atoms with E-state index < -0.39 is 5.91 Å². The predicted octanol–water partition coefficient (Wildman–Crippen LogP) is 1.52. The van der Waals surface area contributed by atoms with Crippen LogP contribution in [-0.2, 0) is 11.8 Å². The fraction of sp³-hybridized carbons (Fsp3) is 0.267. The van der Waals surface area contributed by atoms with Crippen molar-refractivity contribution < 1.29 is 14.3 Å². The Labute approximate surface area is 138 Å². The number of benzene rings is 1. The molecule has 2 N–H and O–H groups in total.